The molecule has 0 bridgehead atoms. The third-order valence-corrected chi connectivity index (χ3v) is 6.89. The highest BCUT2D eigenvalue weighted by atomic mass is 35.5. The van der Waals surface area contributed by atoms with Gasteiger partial charge in [0.15, 0.2) is 5.43 Å². The fraction of sp³-hybridized carbons (Fsp3) is 0.500. The Kier molecular flexibility index (Phi) is 5.88. The maximum Gasteiger partial charge on any atom is 0.343 e. The number of esters is 1. The van der Waals surface area contributed by atoms with Crippen LogP contribution in [-0.4, -0.2) is 38.0 Å². The summed E-state index contributed by atoms with van der Waals surface area (Å²) >= 11 is 6.57. The minimum Gasteiger partial charge on any atom is -0.492 e. The van der Waals surface area contributed by atoms with E-state index in [4.69, 9.17) is 25.8 Å². The van der Waals surface area contributed by atoms with Crippen molar-refractivity contribution in [3.63, 3.8) is 0 Å². The van der Waals surface area contributed by atoms with E-state index in [0.717, 1.165) is 36.1 Å². The van der Waals surface area contributed by atoms with Crippen LogP contribution in [-0.2, 0) is 9.47 Å². The smallest absolute Gasteiger partial charge is 0.343 e. The van der Waals surface area contributed by atoms with E-state index < -0.39 is 5.97 Å². The minimum absolute atomic E-state index is 0.00130. The zero-order valence-electron chi connectivity index (χ0n) is 18.4. The molecule has 0 amide bonds. The van der Waals surface area contributed by atoms with Crippen molar-refractivity contribution in [2.75, 3.05) is 27.4 Å². The quantitative estimate of drug-likeness (QED) is 0.470. The number of carbonyl (C=O) groups is 1. The highest BCUT2D eigenvalue weighted by Gasteiger charge is 2.47. The summed E-state index contributed by atoms with van der Waals surface area (Å²) in [6, 6.07) is 5.56. The summed E-state index contributed by atoms with van der Waals surface area (Å²) < 4.78 is 17.9. The molecule has 0 radical (unpaired) electrons. The predicted octanol–water partition coefficient (Wildman–Crippen LogP) is 4.83. The van der Waals surface area contributed by atoms with Crippen molar-refractivity contribution in [2.24, 2.45) is 5.41 Å². The van der Waals surface area contributed by atoms with Crippen LogP contribution < -0.4 is 10.2 Å². The van der Waals surface area contributed by atoms with Gasteiger partial charge in [-0.2, -0.15) is 0 Å². The first-order chi connectivity index (χ1) is 14.8. The van der Waals surface area contributed by atoms with E-state index in [1.165, 1.54) is 13.2 Å². The Labute approximate surface area is 187 Å². The first-order valence-corrected chi connectivity index (χ1v) is 11.0. The third-order valence-electron chi connectivity index (χ3n) is 6.60. The molecule has 2 atom stereocenters. The highest BCUT2D eigenvalue weighted by molar-refractivity contribution is 6.32. The molecule has 1 fully saturated rings. The molecule has 0 spiro atoms. The molecule has 0 saturated heterocycles. The van der Waals surface area contributed by atoms with Crippen LogP contribution >= 0.6 is 11.6 Å². The molecular weight excluding hydrogens is 418 g/mol. The normalized spacial score (nSPS) is 20.5. The minimum atomic E-state index is -0.615. The first-order valence-electron chi connectivity index (χ1n) is 10.6. The lowest BCUT2D eigenvalue weighted by Gasteiger charge is -2.40. The Bertz CT molecular complexity index is 1070. The number of halogens is 1. The maximum absolute atomic E-state index is 12.7. The van der Waals surface area contributed by atoms with Crippen molar-refractivity contribution in [3.8, 4) is 17.0 Å². The Balaban J connectivity index is 1.86. The van der Waals surface area contributed by atoms with Gasteiger partial charge < -0.3 is 18.8 Å². The molecule has 0 N–H and O–H groups in total. The van der Waals surface area contributed by atoms with Crippen LogP contribution in [0, 0.1) is 5.41 Å². The average Bonchev–Trinajstić information content (AvgIpc) is 3.06. The van der Waals surface area contributed by atoms with E-state index in [-0.39, 0.29) is 28.4 Å². The summed E-state index contributed by atoms with van der Waals surface area (Å²) in [5.41, 5.74) is 2.54. The van der Waals surface area contributed by atoms with Gasteiger partial charge >= 0.3 is 5.97 Å². The number of nitrogens with zero attached hydrogens (tertiary/aromatic N) is 1. The molecule has 1 saturated carbocycles. The molecule has 31 heavy (non-hydrogen) atoms. The zero-order chi connectivity index (χ0) is 22.3. The van der Waals surface area contributed by atoms with Crippen molar-refractivity contribution in [1.82, 2.24) is 4.57 Å². The second kappa shape index (κ2) is 8.32. The molecule has 4 rings (SSSR count). The molecule has 1 aromatic heterocycles. The van der Waals surface area contributed by atoms with Gasteiger partial charge in [-0.25, -0.2) is 4.79 Å². The van der Waals surface area contributed by atoms with E-state index in [1.54, 1.807) is 13.3 Å². The van der Waals surface area contributed by atoms with Crippen molar-refractivity contribution in [2.45, 2.75) is 45.1 Å². The number of ether oxygens (including phenoxy) is 3. The van der Waals surface area contributed by atoms with E-state index >= 15 is 0 Å². The molecule has 1 aliphatic carbocycles. The zero-order valence-corrected chi connectivity index (χ0v) is 19.1. The van der Waals surface area contributed by atoms with Crippen LogP contribution in [0.1, 0.15) is 61.0 Å². The van der Waals surface area contributed by atoms with Crippen LogP contribution in [0.4, 0.5) is 0 Å². The van der Waals surface area contributed by atoms with Gasteiger partial charge in [-0.1, -0.05) is 25.4 Å². The number of aromatic nitrogens is 1. The summed E-state index contributed by atoms with van der Waals surface area (Å²) in [4.78, 5) is 24.9. The summed E-state index contributed by atoms with van der Waals surface area (Å²) in [5, 5.41) is 0.503. The van der Waals surface area contributed by atoms with Crippen molar-refractivity contribution >= 4 is 17.6 Å². The molecule has 0 unspecified atom stereocenters. The van der Waals surface area contributed by atoms with E-state index in [9.17, 15) is 9.59 Å². The summed E-state index contributed by atoms with van der Waals surface area (Å²) in [5.74, 6) is 0.280. The van der Waals surface area contributed by atoms with Crippen LogP contribution in [0.5, 0.6) is 5.75 Å². The second-order valence-electron chi connectivity index (χ2n) is 8.98. The van der Waals surface area contributed by atoms with E-state index in [1.807, 2.05) is 12.1 Å². The Morgan fingerprint density at radius 3 is 2.71 bits per heavy atom. The van der Waals surface area contributed by atoms with Gasteiger partial charge in [0, 0.05) is 49.9 Å². The van der Waals surface area contributed by atoms with Crippen molar-refractivity contribution < 1.29 is 19.0 Å². The number of fused-ring (bicyclic) bond motifs is 6. The number of benzene rings is 1. The van der Waals surface area contributed by atoms with Gasteiger partial charge in [0.2, 0.25) is 0 Å². The van der Waals surface area contributed by atoms with Crippen molar-refractivity contribution in [1.29, 1.82) is 0 Å². The molecule has 166 valence electrons. The monoisotopic (exact) mass is 445 g/mol. The molecule has 2 aliphatic rings. The van der Waals surface area contributed by atoms with Crippen LogP contribution in [0.3, 0.4) is 0 Å². The van der Waals surface area contributed by atoms with E-state index in [0.29, 0.717) is 24.0 Å². The number of pyridine rings is 1. The van der Waals surface area contributed by atoms with Gasteiger partial charge in [0.05, 0.1) is 24.4 Å². The number of hydrogen-bond acceptors (Lipinski definition) is 5. The fourth-order valence-electron chi connectivity index (χ4n) is 5.13. The number of methoxy groups -OCH3 is 2. The van der Waals surface area contributed by atoms with Crippen LogP contribution in [0.25, 0.3) is 11.3 Å². The molecule has 2 heterocycles. The van der Waals surface area contributed by atoms with E-state index in [2.05, 4.69) is 18.4 Å². The summed E-state index contributed by atoms with van der Waals surface area (Å²) in [6.45, 7) is 5.62. The van der Waals surface area contributed by atoms with Gasteiger partial charge in [-0.05, 0) is 36.0 Å². The standard InChI is InChI=1S/C24H28ClNO5/c1-24(2)7-6-14-15-11-21(31-9-5-8-29-3)18(25)10-16(15)19-12-20(27)17(23(28)30-4)13-26(19)22(14)24/h10-14,22H,5-9H2,1-4H3/t14-,22+/m1/s1. The van der Waals surface area contributed by atoms with Gasteiger partial charge in [0.1, 0.15) is 11.3 Å². The lowest BCUT2D eigenvalue weighted by Crippen LogP contribution is -2.32. The fourth-order valence-corrected chi connectivity index (χ4v) is 5.34. The lowest BCUT2D eigenvalue weighted by atomic mass is 9.77. The largest absolute Gasteiger partial charge is 0.492 e. The van der Waals surface area contributed by atoms with Crippen LogP contribution in [0.2, 0.25) is 5.02 Å². The number of hydrogen-bond donors (Lipinski definition) is 0. The molecule has 1 aromatic carbocycles. The molecule has 7 heteroatoms. The van der Waals surface area contributed by atoms with Gasteiger partial charge in [0.25, 0.3) is 0 Å². The molecule has 2 aromatic rings. The average molecular weight is 446 g/mol. The lowest BCUT2D eigenvalue weighted by molar-refractivity contribution is 0.0597. The second-order valence-corrected chi connectivity index (χ2v) is 9.39. The molecule has 6 nitrogen and oxygen atoms in total. The Hall–Kier alpha value is -2.31. The predicted molar refractivity (Wildman–Crippen MR) is 119 cm³/mol. The summed E-state index contributed by atoms with van der Waals surface area (Å²) in [6.07, 6.45) is 4.49. The summed E-state index contributed by atoms with van der Waals surface area (Å²) in [7, 11) is 2.95. The van der Waals surface area contributed by atoms with Gasteiger partial charge in [-0.15, -0.1) is 0 Å². The van der Waals surface area contributed by atoms with Crippen LogP contribution in [0.15, 0.2) is 29.2 Å². The molecular formula is C24H28ClNO5. The SMILES string of the molecule is COCCCOc1cc2c(cc1Cl)-c1cc(=O)c(C(=O)OC)cn1[C@H]1[C@@H]2CCC1(C)C. The van der Waals surface area contributed by atoms with Gasteiger partial charge in [-0.3, -0.25) is 4.79 Å². The topological polar surface area (TPSA) is 66.8 Å². The molecule has 1 aliphatic heterocycles. The van der Waals surface area contributed by atoms with Crippen molar-refractivity contribution in [3.05, 3.63) is 50.8 Å². The Morgan fingerprint density at radius 2 is 2.00 bits per heavy atom. The number of carbonyl (C=O) groups excluding carboxylic acids is 1. The highest BCUT2D eigenvalue weighted by Crippen LogP contribution is 2.59. The Morgan fingerprint density at radius 1 is 1.23 bits per heavy atom. The maximum atomic E-state index is 12.7. The first kappa shape index (κ1) is 21.9. The third kappa shape index (κ3) is 3.76. The number of rotatable bonds is 6.